The second-order valence-corrected chi connectivity index (χ2v) is 6.00. The fraction of sp³-hybridized carbons (Fsp3) is 0.538. The topological polar surface area (TPSA) is 107 Å². The number of amides is 1. The van der Waals surface area contributed by atoms with Gasteiger partial charge in [0.15, 0.2) is 11.0 Å². The van der Waals surface area contributed by atoms with Gasteiger partial charge in [-0.3, -0.25) is 4.79 Å². The van der Waals surface area contributed by atoms with Crippen molar-refractivity contribution in [3.8, 4) is 0 Å². The second kappa shape index (κ2) is 6.66. The third-order valence-electron chi connectivity index (χ3n) is 2.90. The number of nitrogens with zero attached hydrogens (tertiary/aromatic N) is 3. The van der Waals surface area contributed by atoms with Crippen molar-refractivity contribution in [3.05, 3.63) is 22.8 Å². The number of nitrogens with one attached hydrogen (secondary N) is 1. The Bertz CT molecular complexity index is 607. The van der Waals surface area contributed by atoms with Gasteiger partial charge in [0.2, 0.25) is 11.8 Å². The number of anilines is 1. The number of nitrogens with two attached hydrogens (primary N) is 1. The average Bonchev–Trinajstić information content (AvgIpc) is 3.05. The highest BCUT2D eigenvalue weighted by molar-refractivity contribution is 7.13. The molecule has 8 heteroatoms. The Morgan fingerprint density at radius 2 is 2.19 bits per heavy atom. The molecule has 0 fully saturated rings. The quantitative estimate of drug-likeness (QED) is 0.845. The van der Waals surface area contributed by atoms with Gasteiger partial charge < -0.3 is 15.6 Å². The van der Waals surface area contributed by atoms with Gasteiger partial charge in [-0.1, -0.05) is 19.0 Å². The first kappa shape index (κ1) is 15.4. The molecule has 2 rings (SSSR count). The summed E-state index contributed by atoms with van der Waals surface area (Å²) >= 11 is 1.37. The molecule has 0 spiro atoms. The summed E-state index contributed by atoms with van der Waals surface area (Å²) in [4.78, 5) is 20.3. The Labute approximate surface area is 127 Å². The van der Waals surface area contributed by atoms with E-state index in [0.29, 0.717) is 29.7 Å². The maximum absolute atomic E-state index is 11.9. The molecule has 2 aromatic heterocycles. The fourth-order valence-corrected chi connectivity index (χ4v) is 2.31. The molecule has 1 atom stereocenters. The summed E-state index contributed by atoms with van der Waals surface area (Å²) in [5.74, 6) is 1.17. The number of nitrogen functional groups attached to an aromatic ring is 1. The molecule has 0 aliphatic carbocycles. The van der Waals surface area contributed by atoms with Crippen LogP contribution in [0.4, 0.5) is 5.13 Å². The summed E-state index contributed by atoms with van der Waals surface area (Å²) in [6, 6.07) is -0.307. The zero-order valence-electron chi connectivity index (χ0n) is 12.3. The molecule has 0 bridgehead atoms. The molecule has 0 saturated heterocycles. The van der Waals surface area contributed by atoms with Crippen molar-refractivity contribution in [2.24, 2.45) is 0 Å². The van der Waals surface area contributed by atoms with Crippen molar-refractivity contribution in [3.63, 3.8) is 0 Å². The molecule has 21 heavy (non-hydrogen) atoms. The minimum absolute atomic E-state index is 0.0848. The highest BCUT2D eigenvalue weighted by Gasteiger charge is 2.17. The van der Waals surface area contributed by atoms with Crippen molar-refractivity contribution < 1.29 is 9.32 Å². The number of hydrogen-bond acceptors (Lipinski definition) is 7. The van der Waals surface area contributed by atoms with Gasteiger partial charge in [-0.25, -0.2) is 4.98 Å². The predicted molar refractivity (Wildman–Crippen MR) is 79.8 cm³/mol. The summed E-state index contributed by atoms with van der Waals surface area (Å²) in [5.41, 5.74) is 6.38. The van der Waals surface area contributed by atoms with Crippen molar-refractivity contribution in [1.82, 2.24) is 20.4 Å². The third kappa shape index (κ3) is 4.25. The Kier molecular flexibility index (Phi) is 4.89. The summed E-state index contributed by atoms with van der Waals surface area (Å²) in [7, 11) is 0. The Morgan fingerprint density at radius 3 is 2.76 bits per heavy atom. The van der Waals surface area contributed by atoms with Crippen molar-refractivity contribution >= 4 is 22.4 Å². The lowest BCUT2D eigenvalue weighted by atomic mass is 10.2. The first-order valence-electron chi connectivity index (χ1n) is 6.78. The molecular formula is C13H19N5O2S. The van der Waals surface area contributed by atoms with E-state index in [1.54, 1.807) is 0 Å². The lowest BCUT2D eigenvalue weighted by Crippen LogP contribution is -2.27. The lowest BCUT2D eigenvalue weighted by molar-refractivity contribution is -0.121. The molecule has 114 valence electrons. The van der Waals surface area contributed by atoms with Crippen LogP contribution >= 0.6 is 11.3 Å². The second-order valence-electron chi connectivity index (χ2n) is 5.11. The van der Waals surface area contributed by atoms with Gasteiger partial charge in [0.1, 0.15) is 6.04 Å². The first-order valence-corrected chi connectivity index (χ1v) is 7.66. The van der Waals surface area contributed by atoms with Crippen LogP contribution in [0.3, 0.4) is 0 Å². The van der Waals surface area contributed by atoms with Crippen LogP contribution in [0.2, 0.25) is 0 Å². The summed E-state index contributed by atoms with van der Waals surface area (Å²) in [6.45, 7) is 5.78. The summed E-state index contributed by atoms with van der Waals surface area (Å²) in [5, 5.41) is 9.09. The smallest absolute Gasteiger partial charge is 0.248 e. The van der Waals surface area contributed by atoms with Gasteiger partial charge in [-0.05, 0) is 13.3 Å². The van der Waals surface area contributed by atoms with E-state index < -0.39 is 0 Å². The average molecular weight is 309 g/mol. The van der Waals surface area contributed by atoms with Crippen molar-refractivity contribution in [2.45, 2.75) is 45.6 Å². The number of aromatic nitrogens is 3. The number of hydrogen-bond donors (Lipinski definition) is 2. The Balaban J connectivity index is 1.83. The molecule has 1 unspecified atom stereocenters. The fourth-order valence-electron chi connectivity index (χ4n) is 1.71. The van der Waals surface area contributed by atoms with Crippen molar-refractivity contribution in [1.29, 1.82) is 0 Å². The number of aryl methyl sites for hydroxylation is 1. The number of carbonyl (C=O) groups excluding carboxylic acids is 1. The maximum Gasteiger partial charge on any atom is 0.248 e. The number of rotatable bonds is 6. The molecule has 3 N–H and O–H groups in total. The van der Waals surface area contributed by atoms with Crippen LogP contribution < -0.4 is 11.1 Å². The van der Waals surface area contributed by atoms with Gasteiger partial charge in [0.25, 0.3) is 0 Å². The van der Waals surface area contributed by atoms with Crippen LogP contribution in [0, 0.1) is 0 Å². The monoisotopic (exact) mass is 309 g/mol. The largest absolute Gasteiger partial charge is 0.375 e. The molecule has 0 radical (unpaired) electrons. The highest BCUT2D eigenvalue weighted by atomic mass is 32.1. The van der Waals surface area contributed by atoms with E-state index in [4.69, 9.17) is 10.3 Å². The molecule has 2 heterocycles. The van der Waals surface area contributed by atoms with Gasteiger partial charge in [-0.15, -0.1) is 11.3 Å². The van der Waals surface area contributed by atoms with Crippen LogP contribution in [0.1, 0.15) is 56.6 Å². The van der Waals surface area contributed by atoms with Crippen LogP contribution in [-0.4, -0.2) is 21.0 Å². The van der Waals surface area contributed by atoms with Gasteiger partial charge in [0, 0.05) is 17.7 Å². The normalized spacial score (nSPS) is 12.6. The predicted octanol–water partition coefficient (Wildman–Crippen LogP) is 2.04. The third-order valence-corrected chi connectivity index (χ3v) is 3.62. The van der Waals surface area contributed by atoms with Gasteiger partial charge >= 0.3 is 0 Å². The zero-order valence-corrected chi connectivity index (χ0v) is 13.1. The summed E-state index contributed by atoms with van der Waals surface area (Å²) in [6.07, 6.45) is 0.909. The SMILES string of the molecule is CC(C)c1noc(C(C)NC(=O)CCc2csc(N)n2)n1. The molecule has 1 amide bonds. The minimum Gasteiger partial charge on any atom is -0.375 e. The van der Waals surface area contributed by atoms with Crippen LogP contribution in [0.25, 0.3) is 0 Å². The molecule has 0 aliphatic heterocycles. The molecule has 2 aromatic rings. The van der Waals surface area contributed by atoms with E-state index in [0.717, 1.165) is 5.69 Å². The van der Waals surface area contributed by atoms with E-state index in [2.05, 4.69) is 20.4 Å². The first-order chi connectivity index (χ1) is 9.95. The lowest BCUT2D eigenvalue weighted by Gasteiger charge is -2.09. The van der Waals surface area contributed by atoms with E-state index in [1.165, 1.54) is 11.3 Å². The maximum atomic E-state index is 11.9. The molecule has 0 aromatic carbocycles. The van der Waals surface area contributed by atoms with E-state index in [9.17, 15) is 4.79 Å². The Hall–Kier alpha value is -1.96. The van der Waals surface area contributed by atoms with E-state index in [1.807, 2.05) is 26.2 Å². The summed E-state index contributed by atoms with van der Waals surface area (Å²) < 4.78 is 5.15. The number of carbonyl (C=O) groups is 1. The minimum atomic E-state index is -0.307. The van der Waals surface area contributed by atoms with E-state index in [-0.39, 0.29) is 17.9 Å². The van der Waals surface area contributed by atoms with Gasteiger partial charge in [0.05, 0.1) is 5.69 Å². The zero-order chi connectivity index (χ0) is 15.4. The standard InChI is InChI=1S/C13H19N5O2S/c1-7(2)11-17-12(20-18-11)8(3)15-10(19)5-4-9-6-21-13(14)16-9/h6-8H,4-5H2,1-3H3,(H2,14,16)(H,15,19). The van der Waals surface area contributed by atoms with Crippen LogP contribution in [0.15, 0.2) is 9.90 Å². The molecule has 0 saturated carbocycles. The Morgan fingerprint density at radius 1 is 1.43 bits per heavy atom. The van der Waals surface area contributed by atoms with Gasteiger partial charge in [-0.2, -0.15) is 4.98 Å². The molecule has 7 nitrogen and oxygen atoms in total. The van der Waals surface area contributed by atoms with Crippen molar-refractivity contribution in [2.75, 3.05) is 5.73 Å². The number of thiazole rings is 1. The van der Waals surface area contributed by atoms with E-state index >= 15 is 0 Å². The van der Waals surface area contributed by atoms with Crippen LogP contribution in [-0.2, 0) is 11.2 Å². The highest BCUT2D eigenvalue weighted by Crippen LogP contribution is 2.16. The molecular weight excluding hydrogens is 290 g/mol. The van der Waals surface area contributed by atoms with Crippen LogP contribution in [0.5, 0.6) is 0 Å². The molecule has 0 aliphatic rings.